The highest BCUT2D eigenvalue weighted by Crippen LogP contribution is 2.25. The maximum atomic E-state index is 12.0. The molecule has 2 N–H and O–H groups in total. The number of hydrogen-bond donors (Lipinski definition) is 1. The second-order valence-corrected chi connectivity index (χ2v) is 5.63. The van der Waals surface area contributed by atoms with Crippen molar-refractivity contribution in [3.05, 3.63) is 24.3 Å². The van der Waals surface area contributed by atoms with Crippen LogP contribution in [0.2, 0.25) is 0 Å². The molecule has 0 radical (unpaired) electrons. The monoisotopic (exact) mass is 348 g/mol. The molecule has 126 valence electrons. The Kier molecular flexibility index (Phi) is 10.9. The van der Waals surface area contributed by atoms with E-state index in [9.17, 15) is 4.79 Å². The van der Waals surface area contributed by atoms with Crippen LogP contribution in [-0.4, -0.2) is 56.2 Å². The number of ether oxygens (including phenoxy) is 2. The highest BCUT2D eigenvalue weighted by Gasteiger charge is 2.17. The van der Waals surface area contributed by atoms with E-state index in [4.69, 9.17) is 15.2 Å². The van der Waals surface area contributed by atoms with Crippen molar-refractivity contribution in [1.29, 1.82) is 0 Å². The number of carbonyl (C=O) groups excluding carboxylic acids is 1. The summed E-state index contributed by atoms with van der Waals surface area (Å²) in [5.41, 5.74) is 5.87. The Morgan fingerprint density at radius 3 is 2.59 bits per heavy atom. The fourth-order valence-corrected chi connectivity index (χ4v) is 2.28. The maximum Gasteiger partial charge on any atom is 0.239 e. The van der Waals surface area contributed by atoms with Gasteiger partial charge in [0, 0.05) is 7.05 Å². The Labute approximate surface area is 142 Å². The maximum absolute atomic E-state index is 12.0. The van der Waals surface area contributed by atoms with Gasteiger partial charge in [0.05, 0.1) is 19.7 Å². The minimum atomic E-state index is -0.436. The summed E-state index contributed by atoms with van der Waals surface area (Å²) in [6.07, 6.45) is 2.69. The number of para-hydroxylation sites is 2. The van der Waals surface area contributed by atoms with E-state index < -0.39 is 6.04 Å². The van der Waals surface area contributed by atoms with E-state index in [-0.39, 0.29) is 18.3 Å². The molecule has 1 rings (SSSR count). The molecule has 0 aliphatic carbocycles. The number of methoxy groups -OCH3 is 1. The number of hydrogen-bond acceptors (Lipinski definition) is 5. The summed E-state index contributed by atoms with van der Waals surface area (Å²) in [5, 5.41) is 0. The lowest BCUT2D eigenvalue weighted by atomic mass is 10.2. The molecule has 0 heterocycles. The van der Waals surface area contributed by atoms with Gasteiger partial charge < -0.3 is 20.1 Å². The van der Waals surface area contributed by atoms with Gasteiger partial charge in [0.1, 0.15) is 6.61 Å². The minimum absolute atomic E-state index is 0. The first-order chi connectivity index (χ1) is 10.1. The van der Waals surface area contributed by atoms with Crippen LogP contribution in [-0.2, 0) is 4.79 Å². The molecule has 0 spiro atoms. The lowest BCUT2D eigenvalue weighted by Crippen LogP contribution is -2.43. The molecule has 0 unspecified atom stereocenters. The molecule has 5 nitrogen and oxygen atoms in total. The number of nitrogens with two attached hydrogens (primary N) is 1. The Bertz CT molecular complexity index is 449. The second-order valence-electron chi connectivity index (χ2n) is 4.65. The fraction of sp³-hybridized carbons (Fsp3) is 0.533. The van der Waals surface area contributed by atoms with Crippen molar-refractivity contribution in [2.75, 3.05) is 39.3 Å². The first-order valence-electron chi connectivity index (χ1n) is 6.85. The van der Waals surface area contributed by atoms with Crippen molar-refractivity contribution in [3.8, 4) is 11.5 Å². The lowest BCUT2D eigenvalue weighted by molar-refractivity contribution is -0.131. The molecule has 0 aliphatic rings. The molecule has 1 amide bonds. The summed E-state index contributed by atoms with van der Waals surface area (Å²) in [4.78, 5) is 13.6. The largest absolute Gasteiger partial charge is 0.493 e. The molecular formula is C15H25ClN2O3S. The third-order valence-electron chi connectivity index (χ3n) is 3.08. The molecule has 0 aliphatic heterocycles. The van der Waals surface area contributed by atoms with Crippen molar-refractivity contribution < 1.29 is 14.3 Å². The van der Waals surface area contributed by atoms with Gasteiger partial charge in [0.15, 0.2) is 11.5 Å². The SMILES string of the molecule is COc1ccccc1OCCN(C)C(=O)[C@@H](N)CCSC.Cl. The van der Waals surface area contributed by atoms with Crippen LogP contribution < -0.4 is 15.2 Å². The van der Waals surface area contributed by atoms with Crippen LogP contribution in [0, 0.1) is 0 Å². The quantitative estimate of drug-likeness (QED) is 0.739. The third kappa shape index (κ3) is 6.77. The number of benzene rings is 1. The van der Waals surface area contributed by atoms with Gasteiger partial charge >= 0.3 is 0 Å². The number of thioether (sulfide) groups is 1. The van der Waals surface area contributed by atoms with Crippen molar-refractivity contribution >= 4 is 30.1 Å². The van der Waals surface area contributed by atoms with E-state index in [0.29, 0.717) is 31.1 Å². The average molecular weight is 349 g/mol. The van der Waals surface area contributed by atoms with Crippen LogP contribution in [0.1, 0.15) is 6.42 Å². The first-order valence-corrected chi connectivity index (χ1v) is 8.24. The predicted molar refractivity (Wildman–Crippen MR) is 94.3 cm³/mol. The summed E-state index contributed by atoms with van der Waals surface area (Å²) in [7, 11) is 3.34. The van der Waals surface area contributed by atoms with Gasteiger partial charge in [0.2, 0.25) is 5.91 Å². The van der Waals surface area contributed by atoms with E-state index in [1.54, 1.807) is 30.8 Å². The molecule has 0 saturated carbocycles. The number of rotatable bonds is 9. The van der Waals surface area contributed by atoms with Crippen LogP contribution in [0.4, 0.5) is 0 Å². The summed E-state index contributed by atoms with van der Waals surface area (Å²) in [5.74, 6) is 2.20. The van der Waals surface area contributed by atoms with Gasteiger partial charge in [0.25, 0.3) is 0 Å². The number of nitrogens with zero attached hydrogens (tertiary/aromatic N) is 1. The zero-order valence-electron chi connectivity index (χ0n) is 13.3. The van der Waals surface area contributed by atoms with Gasteiger partial charge in [-0.1, -0.05) is 12.1 Å². The van der Waals surface area contributed by atoms with Crippen molar-refractivity contribution in [2.24, 2.45) is 5.73 Å². The summed E-state index contributed by atoms with van der Waals surface area (Å²) in [6.45, 7) is 0.891. The molecule has 0 saturated heterocycles. The van der Waals surface area contributed by atoms with Crippen LogP contribution in [0.15, 0.2) is 24.3 Å². The normalized spacial score (nSPS) is 11.3. The van der Waals surface area contributed by atoms with Crippen LogP contribution in [0.25, 0.3) is 0 Å². The molecule has 22 heavy (non-hydrogen) atoms. The summed E-state index contributed by atoms with van der Waals surface area (Å²) in [6, 6.07) is 7.00. The van der Waals surface area contributed by atoms with Crippen molar-refractivity contribution in [1.82, 2.24) is 4.90 Å². The molecule has 1 aromatic rings. The van der Waals surface area contributed by atoms with Gasteiger partial charge in [-0.3, -0.25) is 4.79 Å². The highest BCUT2D eigenvalue weighted by molar-refractivity contribution is 7.98. The Balaban J connectivity index is 0.00000441. The van der Waals surface area contributed by atoms with Gasteiger partial charge in [-0.2, -0.15) is 11.8 Å². The Hall–Kier alpha value is -1.11. The lowest BCUT2D eigenvalue weighted by Gasteiger charge is -2.21. The van der Waals surface area contributed by atoms with E-state index in [1.165, 1.54) is 0 Å². The van der Waals surface area contributed by atoms with E-state index in [2.05, 4.69) is 0 Å². The number of amides is 1. The van der Waals surface area contributed by atoms with E-state index in [1.807, 2.05) is 30.5 Å². The molecule has 0 fully saturated rings. The van der Waals surface area contributed by atoms with E-state index in [0.717, 1.165) is 5.75 Å². The number of carbonyl (C=O) groups is 1. The molecule has 0 bridgehead atoms. The predicted octanol–water partition coefficient (Wildman–Crippen LogP) is 2.03. The van der Waals surface area contributed by atoms with Crippen LogP contribution in [0.3, 0.4) is 0 Å². The fourth-order valence-electron chi connectivity index (χ4n) is 1.79. The van der Waals surface area contributed by atoms with Crippen LogP contribution >= 0.6 is 24.2 Å². The van der Waals surface area contributed by atoms with Gasteiger partial charge in [-0.05, 0) is 30.6 Å². The molecule has 7 heteroatoms. The number of halogens is 1. The zero-order chi connectivity index (χ0) is 15.7. The molecule has 0 aromatic heterocycles. The summed E-state index contributed by atoms with van der Waals surface area (Å²) >= 11 is 1.69. The zero-order valence-corrected chi connectivity index (χ0v) is 14.9. The standard InChI is InChI=1S/C15H24N2O3S.ClH/c1-17(15(18)12(16)8-11-21-3)9-10-20-14-7-5-4-6-13(14)19-2;/h4-7,12H,8-11,16H2,1-3H3;1H/t12-;/m0./s1. The number of likely N-dealkylation sites (N-methyl/N-ethyl adjacent to an activating group) is 1. The van der Waals surface area contributed by atoms with Crippen molar-refractivity contribution in [3.63, 3.8) is 0 Å². The smallest absolute Gasteiger partial charge is 0.239 e. The molecule has 1 aromatic carbocycles. The Morgan fingerprint density at radius 2 is 2.00 bits per heavy atom. The van der Waals surface area contributed by atoms with Gasteiger partial charge in [-0.25, -0.2) is 0 Å². The van der Waals surface area contributed by atoms with Gasteiger partial charge in [-0.15, -0.1) is 12.4 Å². The Morgan fingerprint density at radius 1 is 1.36 bits per heavy atom. The van der Waals surface area contributed by atoms with Crippen molar-refractivity contribution in [2.45, 2.75) is 12.5 Å². The first kappa shape index (κ1) is 20.9. The second kappa shape index (κ2) is 11.5. The molecular weight excluding hydrogens is 324 g/mol. The van der Waals surface area contributed by atoms with Crippen LogP contribution in [0.5, 0.6) is 11.5 Å². The average Bonchev–Trinajstić information content (AvgIpc) is 2.52. The minimum Gasteiger partial charge on any atom is -0.493 e. The van der Waals surface area contributed by atoms with E-state index >= 15 is 0 Å². The third-order valence-corrected chi connectivity index (χ3v) is 3.72. The highest BCUT2D eigenvalue weighted by atomic mass is 35.5. The summed E-state index contributed by atoms with van der Waals surface area (Å²) < 4.78 is 10.9. The topological polar surface area (TPSA) is 64.8 Å². The molecule has 1 atom stereocenters.